The molecule has 1 N–H and O–H groups in total. The largest absolute Gasteiger partial charge is 0.459 e. The number of nitrogens with zero attached hydrogens (tertiary/aromatic N) is 2. The van der Waals surface area contributed by atoms with Crippen LogP contribution in [-0.4, -0.2) is 28.3 Å². The second-order valence-corrected chi connectivity index (χ2v) is 5.92. The predicted octanol–water partition coefficient (Wildman–Crippen LogP) is 2.81. The van der Waals surface area contributed by atoms with Gasteiger partial charge in [-0.1, -0.05) is 28.1 Å². The summed E-state index contributed by atoms with van der Waals surface area (Å²) in [6.45, 7) is 6.02. The van der Waals surface area contributed by atoms with Gasteiger partial charge < -0.3 is 10.1 Å². The third kappa shape index (κ3) is 4.19. The molecule has 7 heteroatoms. The zero-order valence-electron chi connectivity index (χ0n) is 13.2. The minimum Gasteiger partial charge on any atom is -0.459 e. The highest BCUT2D eigenvalue weighted by Crippen LogP contribution is 2.21. The highest BCUT2D eigenvalue weighted by molar-refractivity contribution is 9.10. The lowest BCUT2D eigenvalue weighted by molar-refractivity contribution is -0.152. The molecule has 1 aromatic carbocycles. The van der Waals surface area contributed by atoms with Crippen LogP contribution >= 0.6 is 15.9 Å². The standard InChI is InChI=1S/C16H18BrN3O3/c1-4-23-16(22)15(21)18-14-10(2)19-20(11(14)3)9-12-5-7-13(17)8-6-12/h5-8H,4,9H2,1-3H3,(H,18,21). The number of aryl methyl sites for hydroxylation is 1. The van der Waals surface area contributed by atoms with Gasteiger partial charge in [-0.25, -0.2) is 4.79 Å². The highest BCUT2D eigenvalue weighted by atomic mass is 79.9. The number of benzene rings is 1. The first-order chi connectivity index (χ1) is 10.9. The van der Waals surface area contributed by atoms with Crippen LogP contribution in [0.2, 0.25) is 0 Å². The quantitative estimate of drug-likeness (QED) is 0.654. The Morgan fingerprint density at radius 2 is 1.91 bits per heavy atom. The van der Waals surface area contributed by atoms with Gasteiger partial charge in [0, 0.05) is 4.47 Å². The number of anilines is 1. The smallest absolute Gasteiger partial charge is 0.397 e. The zero-order chi connectivity index (χ0) is 17.0. The average Bonchev–Trinajstić information content (AvgIpc) is 2.77. The summed E-state index contributed by atoms with van der Waals surface area (Å²) in [5.74, 6) is -1.69. The van der Waals surface area contributed by atoms with Crippen LogP contribution in [0.5, 0.6) is 0 Å². The Morgan fingerprint density at radius 1 is 1.26 bits per heavy atom. The third-order valence-electron chi connectivity index (χ3n) is 3.33. The van der Waals surface area contributed by atoms with E-state index >= 15 is 0 Å². The molecule has 122 valence electrons. The van der Waals surface area contributed by atoms with E-state index in [0.29, 0.717) is 17.9 Å². The summed E-state index contributed by atoms with van der Waals surface area (Å²) in [6.07, 6.45) is 0. The molecule has 0 saturated carbocycles. The molecular formula is C16H18BrN3O3. The van der Waals surface area contributed by atoms with Gasteiger partial charge in [0.1, 0.15) is 0 Å². The summed E-state index contributed by atoms with van der Waals surface area (Å²) >= 11 is 3.40. The van der Waals surface area contributed by atoms with Crippen LogP contribution in [0, 0.1) is 13.8 Å². The first-order valence-electron chi connectivity index (χ1n) is 7.19. The van der Waals surface area contributed by atoms with Crippen LogP contribution in [0.1, 0.15) is 23.9 Å². The molecule has 0 aliphatic carbocycles. The number of rotatable bonds is 4. The Labute approximate surface area is 143 Å². The maximum Gasteiger partial charge on any atom is 0.397 e. The molecule has 0 aliphatic rings. The van der Waals surface area contributed by atoms with Crippen molar-refractivity contribution in [3.8, 4) is 0 Å². The Kier molecular flexibility index (Phi) is 5.54. The summed E-state index contributed by atoms with van der Waals surface area (Å²) < 4.78 is 7.49. The van der Waals surface area contributed by atoms with E-state index in [-0.39, 0.29) is 6.61 Å². The molecule has 0 atom stereocenters. The second-order valence-electron chi connectivity index (χ2n) is 5.00. The van der Waals surface area contributed by atoms with E-state index < -0.39 is 11.9 Å². The van der Waals surface area contributed by atoms with Gasteiger partial charge in [-0.3, -0.25) is 9.48 Å². The van der Waals surface area contributed by atoms with Gasteiger partial charge in [0.25, 0.3) is 0 Å². The van der Waals surface area contributed by atoms with Crippen molar-refractivity contribution in [1.29, 1.82) is 0 Å². The molecule has 1 aromatic heterocycles. The zero-order valence-corrected chi connectivity index (χ0v) is 14.8. The van der Waals surface area contributed by atoms with Crippen molar-refractivity contribution in [3.05, 3.63) is 45.7 Å². The molecular weight excluding hydrogens is 362 g/mol. The van der Waals surface area contributed by atoms with Crippen LogP contribution in [0.4, 0.5) is 5.69 Å². The number of nitrogens with one attached hydrogen (secondary N) is 1. The fourth-order valence-corrected chi connectivity index (χ4v) is 2.42. The number of hydrogen-bond donors (Lipinski definition) is 1. The summed E-state index contributed by atoms with van der Waals surface area (Å²) in [5, 5.41) is 7.00. The topological polar surface area (TPSA) is 73.2 Å². The van der Waals surface area contributed by atoms with Gasteiger partial charge in [-0.05, 0) is 38.5 Å². The molecule has 1 heterocycles. The first-order valence-corrected chi connectivity index (χ1v) is 7.98. The Hall–Kier alpha value is -2.15. The molecule has 0 unspecified atom stereocenters. The summed E-state index contributed by atoms with van der Waals surface area (Å²) in [5.41, 5.74) is 3.06. The van der Waals surface area contributed by atoms with E-state index in [9.17, 15) is 9.59 Å². The van der Waals surface area contributed by atoms with E-state index in [1.807, 2.05) is 31.2 Å². The molecule has 23 heavy (non-hydrogen) atoms. The molecule has 0 spiro atoms. The molecule has 0 radical (unpaired) electrons. The van der Waals surface area contributed by atoms with E-state index in [4.69, 9.17) is 0 Å². The molecule has 2 aromatic rings. The number of hydrogen-bond acceptors (Lipinski definition) is 4. The lowest BCUT2D eigenvalue weighted by Gasteiger charge is -2.07. The summed E-state index contributed by atoms with van der Waals surface area (Å²) in [4.78, 5) is 23.2. The Morgan fingerprint density at radius 3 is 2.52 bits per heavy atom. The number of ether oxygens (including phenoxy) is 1. The van der Waals surface area contributed by atoms with Gasteiger partial charge in [0.05, 0.1) is 30.2 Å². The number of amides is 1. The fraction of sp³-hybridized carbons (Fsp3) is 0.312. The van der Waals surface area contributed by atoms with Crippen LogP contribution in [0.15, 0.2) is 28.7 Å². The predicted molar refractivity (Wildman–Crippen MR) is 90.2 cm³/mol. The lowest BCUT2D eigenvalue weighted by Crippen LogP contribution is -2.25. The van der Waals surface area contributed by atoms with Gasteiger partial charge >= 0.3 is 11.9 Å². The van der Waals surface area contributed by atoms with Crippen LogP contribution < -0.4 is 5.32 Å². The first kappa shape index (κ1) is 17.2. The maximum atomic E-state index is 11.8. The van der Waals surface area contributed by atoms with E-state index in [2.05, 4.69) is 31.1 Å². The lowest BCUT2D eigenvalue weighted by atomic mass is 10.2. The second kappa shape index (κ2) is 7.41. The van der Waals surface area contributed by atoms with Crippen molar-refractivity contribution in [2.75, 3.05) is 11.9 Å². The molecule has 6 nitrogen and oxygen atoms in total. The van der Waals surface area contributed by atoms with Crippen LogP contribution in [0.25, 0.3) is 0 Å². The molecule has 0 fully saturated rings. The van der Waals surface area contributed by atoms with Crippen molar-refractivity contribution in [2.45, 2.75) is 27.3 Å². The maximum absolute atomic E-state index is 11.8. The van der Waals surface area contributed by atoms with Crippen molar-refractivity contribution in [3.63, 3.8) is 0 Å². The number of carbonyl (C=O) groups is 2. The van der Waals surface area contributed by atoms with Gasteiger partial charge in [0.2, 0.25) is 0 Å². The number of aromatic nitrogens is 2. The molecule has 0 bridgehead atoms. The normalized spacial score (nSPS) is 10.4. The van der Waals surface area contributed by atoms with Crippen LogP contribution in [-0.2, 0) is 20.9 Å². The fourth-order valence-electron chi connectivity index (χ4n) is 2.16. The van der Waals surface area contributed by atoms with Gasteiger partial charge in [-0.15, -0.1) is 0 Å². The van der Waals surface area contributed by atoms with E-state index in [0.717, 1.165) is 15.7 Å². The monoisotopic (exact) mass is 379 g/mol. The number of esters is 1. The molecule has 0 aliphatic heterocycles. The van der Waals surface area contributed by atoms with E-state index in [1.165, 1.54) is 0 Å². The van der Waals surface area contributed by atoms with Crippen molar-refractivity contribution < 1.29 is 14.3 Å². The van der Waals surface area contributed by atoms with Crippen LogP contribution in [0.3, 0.4) is 0 Å². The Bertz CT molecular complexity index is 723. The van der Waals surface area contributed by atoms with Crippen molar-refractivity contribution >= 4 is 33.5 Å². The van der Waals surface area contributed by atoms with E-state index in [1.54, 1.807) is 18.5 Å². The van der Waals surface area contributed by atoms with Gasteiger partial charge in [-0.2, -0.15) is 5.10 Å². The number of halogens is 1. The molecule has 2 rings (SSSR count). The van der Waals surface area contributed by atoms with Crippen molar-refractivity contribution in [2.24, 2.45) is 0 Å². The summed E-state index contributed by atoms with van der Waals surface area (Å²) in [7, 11) is 0. The molecule has 0 saturated heterocycles. The minimum absolute atomic E-state index is 0.160. The molecule has 1 amide bonds. The minimum atomic E-state index is -0.896. The Balaban J connectivity index is 2.17. The van der Waals surface area contributed by atoms with Gasteiger partial charge in [0.15, 0.2) is 0 Å². The SMILES string of the molecule is CCOC(=O)C(=O)Nc1c(C)nn(Cc2ccc(Br)cc2)c1C. The third-order valence-corrected chi connectivity index (χ3v) is 3.86. The average molecular weight is 380 g/mol. The highest BCUT2D eigenvalue weighted by Gasteiger charge is 2.20. The van der Waals surface area contributed by atoms with Crippen molar-refractivity contribution in [1.82, 2.24) is 9.78 Å². The number of carbonyl (C=O) groups excluding carboxylic acids is 2. The summed E-state index contributed by atoms with van der Waals surface area (Å²) in [6, 6.07) is 7.92.